The van der Waals surface area contributed by atoms with Crippen LogP contribution in [0.1, 0.15) is 0 Å². The summed E-state index contributed by atoms with van der Waals surface area (Å²) in [7, 11) is 0. The highest BCUT2D eigenvalue weighted by molar-refractivity contribution is 8.02. The highest BCUT2D eigenvalue weighted by Crippen LogP contribution is 2.14. The fourth-order valence-corrected chi connectivity index (χ4v) is 2.33. The number of thioether (sulfide) groups is 2. The van der Waals surface area contributed by atoms with Gasteiger partial charge in [0.05, 0.1) is 6.54 Å². The number of tetrazole rings is 1. The molecule has 74 valence electrons. The number of nitrogens with zero attached hydrogens (tertiary/aromatic N) is 4. The van der Waals surface area contributed by atoms with Crippen molar-refractivity contribution in [2.24, 2.45) is 5.73 Å². The summed E-state index contributed by atoms with van der Waals surface area (Å²) >= 11 is 3.49. The first kappa shape index (κ1) is 10.8. The largest absolute Gasteiger partial charge is 0.329 e. The summed E-state index contributed by atoms with van der Waals surface area (Å²) in [4.78, 5) is 0. The molecule has 0 fully saturated rings. The topological polar surface area (TPSA) is 69.6 Å². The molecule has 13 heavy (non-hydrogen) atoms. The number of nitrogens with two attached hydrogens (primary N) is 1. The van der Waals surface area contributed by atoms with Gasteiger partial charge in [0.15, 0.2) is 0 Å². The molecule has 2 N–H and O–H groups in total. The SMILES string of the molecule is CSCCSc1nnnn1CCN. The third kappa shape index (κ3) is 3.53. The second-order valence-corrected chi connectivity index (χ2v) is 4.36. The lowest BCUT2D eigenvalue weighted by molar-refractivity contribution is 0.557. The molecule has 0 saturated heterocycles. The molecule has 0 aromatic carbocycles. The van der Waals surface area contributed by atoms with E-state index >= 15 is 0 Å². The molecule has 0 amide bonds. The van der Waals surface area contributed by atoms with Crippen LogP contribution in [0.3, 0.4) is 0 Å². The molecule has 7 heteroatoms. The average molecular weight is 219 g/mol. The third-order valence-electron chi connectivity index (χ3n) is 1.36. The Bertz CT molecular complexity index is 239. The molecule has 0 atom stereocenters. The van der Waals surface area contributed by atoms with Crippen LogP contribution >= 0.6 is 23.5 Å². The molecule has 0 spiro atoms. The van der Waals surface area contributed by atoms with Gasteiger partial charge in [-0.05, 0) is 16.7 Å². The first-order valence-electron chi connectivity index (χ1n) is 3.96. The maximum atomic E-state index is 5.41. The van der Waals surface area contributed by atoms with Crippen LogP contribution in [0, 0.1) is 0 Å². The van der Waals surface area contributed by atoms with Crippen LogP contribution in [-0.2, 0) is 6.54 Å². The lowest BCUT2D eigenvalue weighted by Crippen LogP contribution is -2.12. The lowest BCUT2D eigenvalue weighted by atomic mass is 10.7. The summed E-state index contributed by atoms with van der Waals surface area (Å²) in [5, 5.41) is 12.2. The molecule has 5 nitrogen and oxygen atoms in total. The Kier molecular flexibility index (Phi) is 5.18. The van der Waals surface area contributed by atoms with Crippen LogP contribution in [0.4, 0.5) is 0 Å². The summed E-state index contributed by atoms with van der Waals surface area (Å²) in [6.07, 6.45) is 2.09. The van der Waals surface area contributed by atoms with Crippen molar-refractivity contribution in [2.75, 3.05) is 24.3 Å². The molecule has 0 unspecified atom stereocenters. The van der Waals surface area contributed by atoms with Crippen molar-refractivity contribution in [3.63, 3.8) is 0 Å². The van der Waals surface area contributed by atoms with E-state index in [0.29, 0.717) is 13.1 Å². The Hall–Kier alpha value is -0.270. The standard InChI is InChI=1S/C6H13N5S2/c1-12-4-5-13-6-8-9-10-11(6)3-2-7/h2-5,7H2,1H3. The zero-order valence-corrected chi connectivity index (χ0v) is 9.14. The first-order chi connectivity index (χ1) is 6.38. The van der Waals surface area contributed by atoms with Gasteiger partial charge in [0.2, 0.25) is 5.16 Å². The van der Waals surface area contributed by atoms with Gasteiger partial charge in [-0.1, -0.05) is 11.8 Å². The van der Waals surface area contributed by atoms with Crippen LogP contribution in [0.2, 0.25) is 0 Å². The van der Waals surface area contributed by atoms with Gasteiger partial charge in [0.25, 0.3) is 0 Å². The molecule has 0 aliphatic carbocycles. The van der Waals surface area contributed by atoms with Gasteiger partial charge in [0, 0.05) is 18.1 Å². The van der Waals surface area contributed by atoms with Gasteiger partial charge in [-0.15, -0.1) is 5.10 Å². The molecule has 1 aromatic heterocycles. The third-order valence-corrected chi connectivity index (χ3v) is 3.19. The van der Waals surface area contributed by atoms with Crippen molar-refractivity contribution < 1.29 is 0 Å². The molecule has 1 aromatic rings. The van der Waals surface area contributed by atoms with Crippen LogP contribution in [-0.4, -0.2) is 44.5 Å². The van der Waals surface area contributed by atoms with Crippen molar-refractivity contribution in [1.29, 1.82) is 0 Å². The Morgan fingerprint density at radius 3 is 3.00 bits per heavy atom. The average Bonchev–Trinajstić information content (AvgIpc) is 2.54. The van der Waals surface area contributed by atoms with E-state index in [1.54, 1.807) is 16.4 Å². The molecule has 1 rings (SSSR count). The molecular weight excluding hydrogens is 206 g/mol. The summed E-state index contributed by atoms with van der Waals surface area (Å²) < 4.78 is 1.74. The fraction of sp³-hybridized carbons (Fsp3) is 0.833. The van der Waals surface area contributed by atoms with Gasteiger partial charge in [-0.2, -0.15) is 11.8 Å². The van der Waals surface area contributed by atoms with Crippen LogP contribution in [0.15, 0.2) is 5.16 Å². The molecule has 0 aliphatic heterocycles. The molecule has 0 aliphatic rings. The number of rotatable bonds is 6. The number of hydrogen-bond donors (Lipinski definition) is 1. The highest BCUT2D eigenvalue weighted by Gasteiger charge is 2.04. The zero-order valence-electron chi connectivity index (χ0n) is 7.51. The summed E-state index contributed by atoms with van der Waals surface area (Å²) in [6, 6.07) is 0. The molecular formula is C6H13N5S2. The van der Waals surface area contributed by atoms with Crippen molar-refractivity contribution in [3.05, 3.63) is 0 Å². The van der Waals surface area contributed by atoms with E-state index in [1.165, 1.54) is 0 Å². The molecule has 0 bridgehead atoms. The van der Waals surface area contributed by atoms with Gasteiger partial charge in [-0.25, -0.2) is 4.68 Å². The second-order valence-electron chi connectivity index (χ2n) is 2.31. The first-order valence-corrected chi connectivity index (χ1v) is 6.34. The maximum Gasteiger partial charge on any atom is 0.209 e. The van der Waals surface area contributed by atoms with Crippen molar-refractivity contribution in [2.45, 2.75) is 11.7 Å². The van der Waals surface area contributed by atoms with Gasteiger partial charge in [0.1, 0.15) is 0 Å². The molecule has 0 saturated carbocycles. The predicted octanol–water partition coefficient (Wildman–Crippen LogP) is 0.0869. The normalized spacial score (nSPS) is 10.6. The number of aromatic nitrogens is 4. The van der Waals surface area contributed by atoms with Crippen molar-refractivity contribution in [3.8, 4) is 0 Å². The Morgan fingerprint density at radius 1 is 1.46 bits per heavy atom. The number of hydrogen-bond acceptors (Lipinski definition) is 6. The van der Waals surface area contributed by atoms with E-state index in [1.807, 2.05) is 11.8 Å². The van der Waals surface area contributed by atoms with Crippen LogP contribution in [0.5, 0.6) is 0 Å². The zero-order chi connectivity index (χ0) is 9.52. The van der Waals surface area contributed by atoms with E-state index in [0.717, 1.165) is 16.7 Å². The minimum absolute atomic E-state index is 0.571. The van der Waals surface area contributed by atoms with Crippen molar-refractivity contribution >= 4 is 23.5 Å². The second kappa shape index (κ2) is 6.22. The fourth-order valence-electron chi connectivity index (χ4n) is 0.779. The monoisotopic (exact) mass is 219 g/mol. The maximum absolute atomic E-state index is 5.41. The quantitative estimate of drug-likeness (QED) is 0.540. The van der Waals surface area contributed by atoms with E-state index in [9.17, 15) is 0 Å². The van der Waals surface area contributed by atoms with E-state index in [4.69, 9.17) is 5.73 Å². The van der Waals surface area contributed by atoms with Crippen molar-refractivity contribution in [1.82, 2.24) is 20.2 Å². The Labute approximate surface area is 85.8 Å². The lowest BCUT2D eigenvalue weighted by Gasteiger charge is -2.00. The Morgan fingerprint density at radius 2 is 2.31 bits per heavy atom. The summed E-state index contributed by atoms with van der Waals surface area (Å²) in [5.41, 5.74) is 5.41. The van der Waals surface area contributed by atoms with Gasteiger partial charge < -0.3 is 5.73 Å². The predicted molar refractivity (Wildman–Crippen MR) is 56.0 cm³/mol. The summed E-state index contributed by atoms with van der Waals surface area (Å²) in [6.45, 7) is 1.26. The van der Waals surface area contributed by atoms with Crippen LogP contribution in [0.25, 0.3) is 0 Å². The van der Waals surface area contributed by atoms with E-state index in [-0.39, 0.29) is 0 Å². The van der Waals surface area contributed by atoms with Gasteiger partial charge >= 0.3 is 0 Å². The highest BCUT2D eigenvalue weighted by atomic mass is 32.2. The Balaban J connectivity index is 2.40. The summed E-state index contributed by atoms with van der Waals surface area (Å²) in [5.74, 6) is 2.15. The molecule has 1 heterocycles. The van der Waals surface area contributed by atoms with Crippen LogP contribution < -0.4 is 5.73 Å². The minimum Gasteiger partial charge on any atom is -0.329 e. The van der Waals surface area contributed by atoms with Gasteiger partial charge in [-0.3, -0.25) is 0 Å². The smallest absolute Gasteiger partial charge is 0.209 e. The molecule has 0 radical (unpaired) electrons. The minimum atomic E-state index is 0.571. The van der Waals surface area contributed by atoms with E-state index < -0.39 is 0 Å². The van der Waals surface area contributed by atoms with E-state index in [2.05, 4.69) is 21.8 Å².